The van der Waals surface area contributed by atoms with E-state index < -0.39 is 0 Å². The fourth-order valence-corrected chi connectivity index (χ4v) is 3.38. The molecule has 1 aromatic heterocycles. The van der Waals surface area contributed by atoms with Crippen LogP contribution in [-0.2, 0) is 0 Å². The van der Waals surface area contributed by atoms with Crippen molar-refractivity contribution in [2.24, 2.45) is 5.92 Å². The van der Waals surface area contributed by atoms with Crippen molar-refractivity contribution < 1.29 is 0 Å². The molecule has 13 heavy (non-hydrogen) atoms. The van der Waals surface area contributed by atoms with Crippen LogP contribution in [0.1, 0.15) is 13.3 Å². The molecule has 1 saturated heterocycles. The predicted molar refractivity (Wildman–Crippen MR) is 58.6 cm³/mol. The van der Waals surface area contributed by atoms with E-state index in [9.17, 15) is 0 Å². The van der Waals surface area contributed by atoms with Crippen molar-refractivity contribution in [3.8, 4) is 0 Å². The average Bonchev–Trinajstić information content (AvgIpc) is 2.71. The number of aromatic nitrogens is 2. The molecule has 0 radical (unpaired) electrons. The summed E-state index contributed by atoms with van der Waals surface area (Å²) in [7, 11) is 0. The van der Waals surface area contributed by atoms with Gasteiger partial charge in [0.15, 0.2) is 0 Å². The number of alkyl halides is 1. The first-order chi connectivity index (χ1) is 6.33. The van der Waals surface area contributed by atoms with Crippen LogP contribution in [0.4, 0.5) is 5.13 Å². The van der Waals surface area contributed by atoms with Crippen molar-refractivity contribution in [2.75, 3.05) is 16.8 Å². The molecule has 0 bridgehead atoms. The molecule has 2 unspecified atom stereocenters. The molecule has 1 aromatic rings. The SMILES string of the molecule is CC1CCN(c2ncns2)C1CBr. The zero-order chi connectivity index (χ0) is 9.26. The second kappa shape index (κ2) is 3.92. The maximum Gasteiger partial charge on any atom is 0.205 e. The molecule has 2 atom stereocenters. The summed E-state index contributed by atoms with van der Waals surface area (Å²) in [5.41, 5.74) is 0. The zero-order valence-corrected chi connectivity index (χ0v) is 9.88. The highest BCUT2D eigenvalue weighted by Gasteiger charge is 2.31. The zero-order valence-electron chi connectivity index (χ0n) is 7.48. The first-order valence-corrected chi connectivity index (χ1v) is 6.31. The van der Waals surface area contributed by atoms with Crippen LogP contribution in [-0.4, -0.2) is 27.3 Å². The third-order valence-corrected chi connectivity index (χ3v) is 4.00. The number of rotatable bonds is 2. The summed E-state index contributed by atoms with van der Waals surface area (Å²) in [6.45, 7) is 3.42. The lowest BCUT2D eigenvalue weighted by molar-refractivity contribution is 0.554. The van der Waals surface area contributed by atoms with Crippen LogP contribution in [0.15, 0.2) is 6.33 Å². The van der Waals surface area contributed by atoms with Gasteiger partial charge in [0.2, 0.25) is 5.13 Å². The molecule has 5 heteroatoms. The van der Waals surface area contributed by atoms with Crippen LogP contribution < -0.4 is 4.90 Å². The Labute approximate surface area is 90.5 Å². The molecule has 0 N–H and O–H groups in total. The summed E-state index contributed by atoms with van der Waals surface area (Å²) in [5, 5.41) is 2.09. The topological polar surface area (TPSA) is 29.0 Å². The van der Waals surface area contributed by atoms with Crippen LogP contribution in [0.2, 0.25) is 0 Å². The van der Waals surface area contributed by atoms with Crippen molar-refractivity contribution in [3.63, 3.8) is 0 Å². The highest BCUT2D eigenvalue weighted by molar-refractivity contribution is 9.09. The van der Waals surface area contributed by atoms with E-state index in [1.54, 1.807) is 6.33 Å². The van der Waals surface area contributed by atoms with Gasteiger partial charge in [-0.05, 0) is 12.3 Å². The molecule has 1 aliphatic rings. The summed E-state index contributed by atoms with van der Waals surface area (Å²) < 4.78 is 4.03. The van der Waals surface area contributed by atoms with Gasteiger partial charge < -0.3 is 4.90 Å². The number of halogens is 1. The molecule has 0 spiro atoms. The Kier molecular flexibility index (Phi) is 2.83. The van der Waals surface area contributed by atoms with Gasteiger partial charge in [-0.2, -0.15) is 4.37 Å². The second-order valence-corrected chi connectivity index (χ2v) is 4.81. The molecule has 0 amide bonds. The fourth-order valence-electron chi connectivity index (χ4n) is 1.77. The number of hydrogen-bond donors (Lipinski definition) is 0. The first-order valence-electron chi connectivity index (χ1n) is 4.42. The Morgan fingerprint density at radius 1 is 1.77 bits per heavy atom. The van der Waals surface area contributed by atoms with Crippen molar-refractivity contribution in [3.05, 3.63) is 6.33 Å². The Balaban J connectivity index is 2.16. The molecule has 0 aliphatic carbocycles. The van der Waals surface area contributed by atoms with Crippen molar-refractivity contribution in [1.29, 1.82) is 0 Å². The lowest BCUT2D eigenvalue weighted by Crippen LogP contribution is -2.33. The summed E-state index contributed by atoms with van der Waals surface area (Å²) >= 11 is 5.04. The van der Waals surface area contributed by atoms with E-state index in [2.05, 4.69) is 37.1 Å². The largest absolute Gasteiger partial charge is 0.343 e. The lowest BCUT2D eigenvalue weighted by atomic mass is 10.1. The molecule has 2 heterocycles. The standard InChI is InChI=1S/C8H12BrN3S/c1-6-2-3-12(7(6)4-9)8-10-5-11-13-8/h5-7H,2-4H2,1H3. The van der Waals surface area contributed by atoms with Crippen molar-refractivity contribution in [2.45, 2.75) is 19.4 Å². The Morgan fingerprint density at radius 2 is 2.62 bits per heavy atom. The number of hydrogen-bond acceptors (Lipinski definition) is 4. The Hall–Kier alpha value is -0.160. The minimum absolute atomic E-state index is 0.591. The molecule has 0 saturated carbocycles. The smallest absolute Gasteiger partial charge is 0.205 e. The molecular weight excluding hydrogens is 250 g/mol. The normalized spacial score (nSPS) is 28.3. The van der Waals surface area contributed by atoms with Gasteiger partial charge in [-0.25, -0.2) is 4.98 Å². The molecule has 72 valence electrons. The fraction of sp³-hybridized carbons (Fsp3) is 0.750. The van der Waals surface area contributed by atoms with E-state index in [1.165, 1.54) is 18.0 Å². The maximum absolute atomic E-state index is 4.24. The van der Waals surface area contributed by atoms with Crippen LogP contribution in [0.3, 0.4) is 0 Å². The minimum Gasteiger partial charge on any atom is -0.343 e. The Bertz CT molecular complexity index is 264. The van der Waals surface area contributed by atoms with Gasteiger partial charge >= 0.3 is 0 Å². The Morgan fingerprint density at radius 3 is 3.23 bits per heavy atom. The number of nitrogens with zero attached hydrogens (tertiary/aromatic N) is 3. The lowest BCUT2D eigenvalue weighted by Gasteiger charge is -2.23. The van der Waals surface area contributed by atoms with Crippen molar-refractivity contribution in [1.82, 2.24) is 9.36 Å². The average molecular weight is 262 g/mol. The molecule has 1 aliphatic heterocycles. The quantitative estimate of drug-likeness (QED) is 0.765. The van der Waals surface area contributed by atoms with E-state index in [1.807, 2.05) is 0 Å². The third kappa shape index (κ3) is 1.72. The molecule has 1 fully saturated rings. The highest BCUT2D eigenvalue weighted by atomic mass is 79.9. The van der Waals surface area contributed by atoms with Gasteiger partial charge in [-0.3, -0.25) is 0 Å². The van der Waals surface area contributed by atoms with Crippen LogP contribution in [0.25, 0.3) is 0 Å². The van der Waals surface area contributed by atoms with E-state index in [0.717, 1.165) is 22.9 Å². The van der Waals surface area contributed by atoms with Gasteiger partial charge in [0.1, 0.15) is 6.33 Å². The van der Waals surface area contributed by atoms with Gasteiger partial charge in [0, 0.05) is 29.4 Å². The van der Waals surface area contributed by atoms with Gasteiger partial charge in [-0.1, -0.05) is 22.9 Å². The van der Waals surface area contributed by atoms with Crippen LogP contribution >= 0.6 is 27.5 Å². The predicted octanol–water partition coefficient (Wildman–Crippen LogP) is 2.15. The monoisotopic (exact) mass is 261 g/mol. The summed E-state index contributed by atoms with van der Waals surface area (Å²) in [6.07, 6.45) is 2.89. The van der Waals surface area contributed by atoms with Gasteiger partial charge in [0.05, 0.1) is 0 Å². The van der Waals surface area contributed by atoms with E-state index in [-0.39, 0.29) is 0 Å². The maximum atomic E-state index is 4.24. The number of anilines is 1. The second-order valence-electron chi connectivity index (χ2n) is 3.40. The first kappa shape index (κ1) is 9.40. The molecule has 3 nitrogen and oxygen atoms in total. The third-order valence-electron chi connectivity index (χ3n) is 2.64. The van der Waals surface area contributed by atoms with E-state index in [0.29, 0.717) is 6.04 Å². The van der Waals surface area contributed by atoms with E-state index >= 15 is 0 Å². The van der Waals surface area contributed by atoms with Gasteiger partial charge in [0.25, 0.3) is 0 Å². The summed E-state index contributed by atoms with van der Waals surface area (Å²) in [5.74, 6) is 0.753. The molecule has 2 rings (SSSR count). The minimum atomic E-state index is 0.591. The van der Waals surface area contributed by atoms with E-state index in [4.69, 9.17) is 0 Å². The summed E-state index contributed by atoms with van der Waals surface area (Å²) in [6, 6.07) is 0.591. The molecule has 0 aromatic carbocycles. The van der Waals surface area contributed by atoms with Crippen LogP contribution in [0, 0.1) is 5.92 Å². The summed E-state index contributed by atoms with van der Waals surface area (Å²) in [4.78, 5) is 6.60. The van der Waals surface area contributed by atoms with Crippen LogP contribution in [0.5, 0.6) is 0 Å². The van der Waals surface area contributed by atoms with Gasteiger partial charge in [-0.15, -0.1) is 0 Å². The molecular formula is C8H12BrN3S. The van der Waals surface area contributed by atoms with Crippen molar-refractivity contribution >= 4 is 32.6 Å². The highest BCUT2D eigenvalue weighted by Crippen LogP contribution is 2.30.